The van der Waals surface area contributed by atoms with Gasteiger partial charge in [0, 0.05) is 17.9 Å². The van der Waals surface area contributed by atoms with Gasteiger partial charge >= 0.3 is 0 Å². The number of aliphatic hydroxyl groups is 1. The van der Waals surface area contributed by atoms with Gasteiger partial charge in [-0.05, 0) is 40.9 Å². The Morgan fingerprint density at radius 3 is 2.87 bits per heavy atom. The summed E-state index contributed by atoms with van der Waals surface area (Å²) in [6.07, 6.45) is 1.93. The number of amides is 1. The fourth-order valence-corrected chi connectivity index (χ4v) is 2.54. The predicted molar refractivity (Wildman–Crippen MR) is 64.8 cm³/mol. The van der Waals surface area contributed by atoms with Gasteiger partial charge in [-0.15, -0.1) is 11.3 Å². The molecule has 3 nitrogen and oxygen atoms in total. The fraction of sp³-hybridized carbons (Fsp3) is 0.500. The molecule has 1 aromatic heterocycles. The highest BCUT2D eigenvalue weighted by molar-refractivity contribution is 9.11. The van der Waals surface area contributed by atoms with Crippen molar-refractivity contribution in [1.82, 2.24) is 5.32 Å². The second kappa shape index (κ2) is 6.98. The Balaban J connectivity index is 2.16. The van der Waals surface area contributed by atoms with Crippen LogP contribution in [0.4, 0.5) is 0 Å². The average molecular weight is 292 g/mol. The maximum Gasteiger partial charge on any atom is 0.220 e. The van der Waals surface area contributed by atoms with E-state index >= 15 is 0 Å². The zero-order valence-electron chi connectivity index (χ0n) is 8.33. The maximum atomic E-state index is 11.3. The first-order valence-corrected chi connectivity index (χ1v) is 6.45. The number of thiophene rings is 1. The maximum absolute atomic E-state index is 11.3. The zero-order valence-corrected chi connectivity index (χ0v) is 10.7. The Labute approximate surface area is 102 Å². The van der Waals surface area contributed by atoms with Gasteiger partial charge in [0.1, 0.15) is 0 Å². The number of hydrogen-bond donors (Lipinski definition) is 2. The molecule has 84 valence electrons. The van der Waals surface area contributed by atoms with Gasteiger partial charge in [-0.1, -0.05) is 0 Å². The molecule has 0 aromatic carbocycles. The lowest BCUT2D eigenvalue weighted by molar-refractivity contribution is -0.121. The van der Waals surface area contributed by atoms with Crippen molar-refractivity contribution < 1.29 is 9.90 Å². The average Bonchev–Trinajstić information content (AvgIpc) is 2.62. The highest BCUT2D eigenvalue weighted by Crippen LogP contribution is 2.21. The minimum Gasteiger partial charge on any atom is -0.396 e. The summed E-state index contributed by atoms with van der Waals surface area (Å²) < 4.78 is 1.08. The van der Waals surface area contributed by atoms with E-state index in [-0.39, 0.29) is 12.5 Å². The van der Waals surface area contributed by atoms with Crippen LogP contribution in [0.3, 0.4) is 0 Å². The molecule has 0 saturated heterocycles. The van der Waals surface area contributed by atoms with Gasteiger partial charge in [0.15, 0.2) is 0 Å². The number of carbonyl (C=O) groups excluding carboxylic acids is 1. The van der Waals surface area contributed by atoms with Gasteiger partial charge in [0.05, 0.1) is 10.3 Å². The normalized spacial score (nSPS) is 10.3. The quantitative estimate of drug-likeness (QED) is 0.790. The van der Waals surface area contributed by atoms with E-state index in [0.717, 1.165) is 15.1 Å². The third-order valence-electron chi connectivity index (χ3n) is 1.90. The summed E-state index contributed by atoms with van der Waals surface area (Å²) in [5.41, 5.74) is 0. The standard InChI is InChI=1S/C10H14BrNO2S/c11-9-5-4-8(15-9)7-12-10(14)3-1-2-6-13/h4-5,13H,1-3,6-7H2,(H,12,14). The van der Waals surface area contributed by atoms with Gasteiger partial charge in [0.2, 0.25) is 5.91 Å². The van der Waals surface area contributed by atoms with E-state index in [4.69, 9.17) is 5.11 Å². The fourth-order valence-electron chi connectivity index (χ4n) is 1.12. The lowest BCUT2D eigenvalue weighted by atomic mass is 10.2. The molecule has 0 atom stereocenters. The number of rotatable bonds is 6. The molecule has 2 N–H and O–H groups in total. The van der Waals surface area contributed by atoms with Gasteiger partial charge in [-0.25, -0.2) is 0 Å². The van der Waals surface area contributed by atoms with E-state index in [0.29, 0.717) is 19.4 Å². The Bertz CT molecular complexity index is 314. The van der Waals surface area contributed by atoms with E-state index in [9.17, 15) is 4.79 Å². The highest BCUT2D eigenvalue weighted by atomic mass is 79.9. The first-order chi connectivity index (χ1) is 7.22. The van der Waals surface area contributed by atoms with E-state index in [2.05, 4.69) is 21.2 Å². The van der Waals surface area contributed by atoms with Crippen LogP contribution in [-0.4, -0.2) is 17.6 Å². The van der Waals surface area contributed by atoms with Crippen LogP contribution >= 0.6 is 27.3 Å². The van der Waals surface area contributed by atoms with Crippen LogP contribution in [0, 0.1) is 0 Å². The van der Waals surface area contributed by atoms with Crippen molar-refractivity contribution in [2.24, 2.45) is 0 Å². The van der Waals surface area contributed by atoms with Crippen molar-refractivity contribution in [1.29, 1.82) is 0 Å². The van der Waals surface area contributed by atoms with Crippen LogP contribution in [0.15, 0.2) is 15.9 Å². The number of unbranched alkanes of at least 4 members (excludes halogenated alkanes) is 1. The summed E-state index contributed by atoms with van der Waals surface area (Å²) >= 11 is 4.99. The van der Waals surface area contributed by atoms with Crippen LogP contribution < -0.4 is 5.32 Å². The molecule has 5 heteroatoms. The molecule has 15 heavy (non-hydrogen) atoms. The Kier molecular flexibility index (Phi) is 5.90. The molecule has 1 heterocycles. The van der Waals surface area contributed by atoms with Crippen molar-refractivity contribution in [3.8, 4) is 0 Å². The molecule has 0 aliphatic rings. The second-order valence-corrected chi connectivity index (χ2v) is 5.71. The number of halogens is 1. The van der Waals surface area contributed by atoms with E-state index in [1.54, 1.807) is 11.3 Å². The van der Waals surface area contributed by atoms with E-state index in [1.165, 1.54) is 0 Å². The smallest absolute Gasteiger partial charge is 0.220 e. The molecule has 0 radical (unpaired) electrons. The predicted octanol–water partition coefficient (Wildman–Crippen LogP) is 2.29. The molecule has 0 aliphatic heterocycles. The summed E-state index contributed by atoms with van der Waals surface area (Å²) in [5, 5.41) is 11.4. The number of aliphatic hydroxyl groups excluding tert-OH is 1. The Morgan fingerprint density at radius 2 is 2.27 bits per heavy atom. The van der Waals surface area contributed by atoms with E-state index < -0.39 is 0 Å². The third-order valence-corrected chi connectivity index (χ3v) is 3.52. The first kappa shape index (κ1) is 12.7. The van der Waals surface area contributed by atoms with E-state index in [1.807, 2.05) is 12.1 Å². The number of hydrogen-bond acceptors (Lipinski definition) is 3. The summed E-state index contributed by atoms with van der Waals surface area (Å²) in [6.45, 7) is 0.749. The van der Waals surface area contributed by atoms with Crippen molar-refractivity contribution in [2.75, 3.05) is 6.61 Å². The Hall–Kier alpha value is -0.390. The van der Waals surface area contributed by atoms with Crippen molar-refractivity contribution >= 4 is 33.2 Å². The molecule has 1 aromatic rings. The molecular weight excluding hydrogens is 278 g/mol. The van der Waals surface area contributed by atoms with Gasteiger partial charge in [-0.3, -0.25) is 4.79 Å². The largest absolute Gasteiger partial charge is 0.396 e. The number of nitrogens with one attached hydrogen (secondary N) is 1. The van der Waals surface area contributed by atoms with Gasteiger partial charge in [-0.2, -0.15) is 0 Å². The topological polar surface area (TPSA) is 49.3 Å². The molecule has 1 rings (SSSR count). The summed E-state index contributed by atoms with van der Waals surface area (Å²) in [7, 11) is 0. The number of carbonyl (C=O) groups is 1. The first-order valence-electron chi connectivity index (χ1n) is 4.84. The SMILES string of the molecule is O=C(CCCCO)NCc1ccc(Br)s1. The molecule has 0 unspecified atom stereocenters. The molecule has 0 saturated carbocycles. The minimum absolute atomic E-state index is 0.0490. The van der Waals surface area contributed by atoms with Crippen LogP contribution in [0.1, 0.15) is 24.1 Å². The lowest BCUT2D eigenvalue weighted by Crippen LogP contribution is -2.21. The van der Waals surface area contributed by atoms with Crippen LogP contribution in [0.5, 0.6) is 0 Å². The molecule has 0 aliphatic carbocycles. The molecule has 0 spiro atoms. The van der Waals surface area contributed by atoms with Crippen molar-refractivity contribution in [3.63, 3.8) is 0 Å². The Morgan fingerprint density at radius 1 is 1.47 bits per heavy atom. The monoisotopic (exact) mass is 291 g/mol. The molecule has 0 bridgehead atoms. The van der Waals surface area contributed by atoms with Crippen molar-refractivity contribution in [3.05, 3.63) is 20.8 Å². The second-order valence-electron chi connectivity index (χ2n) is 3.16. The van der Waals surface area contributed by atoms with Crippen LogP contribution in [0.2, 0.25) is 0 Å². The molecule has 1 amide bonds. The van der Waals surface area contributed by atoms with Gasteiger partial charge in [0.25, 0.3) is 0 Å². The lowest BCUT2D eigenvalue weighted by Gasteiger charge is -2.02. The minimum atomic E-state index is 0.0490. The van der Waals surface area contributed by atoms with Crippen molar-refractivity contribution in [2.45, 2.75) is 25.8 Å². The molecular formula is C10H14BrNO2S. The summed E-state index contributed by atoms with van der Waals surface area (Å²) in [4.78, 5) is 12.4. The van der Waals surface area contributed by atoms with Crippen LogP contribution in [0.25, 0.3) is 0 Å². The van der Waals surface area contributed by atoms with Crippen LogP contribution in [-0.2, 0) is 11.3 Å². The third kappa shape index (κ3) is 5.30. The summed E-state index contributed by atoms with van der Waals surface area (Å²) in [5.74, 6) is 0.0490. The van der Waals surface area contributed by atoms with Gasteiger partial charge < -0.3 is 10.4 Å². The molecule has 0 fully saturated rings. The highest BCUT2D eigenvalue weighted by Gasteiger charge is 2.02. The summed E-state index contributed by atoms with van der Waals surface area (Å²) in [6, 6.07) is 3.96. The zero-order chi connectivity index (χ0) is 11.1.